The Morgan fingerprint density at radius 3 is 2.50 bits per heavy atom. The van der Waals surface area contributed by atoms with Crippen LogP contribution in [0.5, 0.6) is 0 Å². The molecule has 24 heavy (non-hydrogen) atoms. The van der Waals surface area contributed by atoms with Crippen LogP contribution in [0.2, 0.25) is 5.02 Å². The molecular weight excluding hydrogens is 384 g/mol. The quantitative estimate of drug-likeness (QED) is 0.581. The lowest BCUT2D eigenvalue weighted by Crippen LogP contribution is -3.00. The molecule has 0 N–H and O–H groups in total. The maximum absolute atomic E-state index is 6.03. The van der Waals surface area contributed by atoms with Gasteiger partial charge in [0.05, 0.1) is 19.5 Å². The average molecular weight is 404 g/mol. The molecule has 0 bridgehead atoms. The van der Waals surface area contributed by atoms with Crippen molar-refractivity contribution in [3.8, 4) is 11.3 Å². The third-order valence-corrected chi connectivity index (χ3v) is 4.87. The molecule has 0 unspecified atom stereocenters. The van der Waals surface area contributed by atoms with E-state index in [1.54, 1.807) is 0 Å². The molecule has 2 aromatic carbocycles. The monoisotopic (exact) mass is 402 g/mol. The molecule has 0 amide bonds. The number of aryl methyl sites for hydroxylation is 2. The summed E-state index contributed by atoms with van der Waals surface area (Å²) in [6.07, 6.45) is 5.79. The van der Waals surface area contributed by atoms with Crippen LogP contribution < -0.4 is 21.5 Å². The summed E-state index contributed by atoms with van der Waals surface area (Å²) in [6.45, 7) is 2.15. The van der Waals surface area contributed by atoms with Gasteiger partial charge in [-0.1, -0.05) is 41.9 Å². The molecule has 4 rings (SSSR count). The van der Waals surface area contributed by atoms with Gasteiger partial charge in [0, 0.05) is 17.0 Å². The van der Waals surface area contributed by atoms with Gasteiger partial charge in [0.1, 0.15) is 6.20 Å². The number of hydrogen-bond donors (Lipinski definition) is 0. The van der Waals surface area contributed by atoms with E-state index in [4.69, 9.17) is 11.6 Å². The van der Waals surface area contributed by atoms with Crippen molar-refractivity contribution in [3.05, 3.63) is 77.2 Å². The highest BCUT2D eigenvalue weighted by molar-refractivity contribution is 6.30. The van der Waals surface area contributed by atoms with Crippen LogP contribution in [0, 0.1) is 0 Å². The number of benzene rings is 2. The first-order valence-electron chi connectivity index (χ1n) is 8.23. The van der Waals surface area contributed by atoms with Gasteiger partial charge in [-0.2, -0.15) is 0 Å². The molecule has 2 heterocycles. The van der Waals surface area contributed by atoms with Gasteiger partial charge >= 0.3 is 0 Å². The number of nitrogens with zero attached hydrogens (tertiary/aromatic N) is 2. The van der Waals surface area contributed by atoms with Crippen molar-refractivity contribution in [2.75, 3.05) is 0 Å². The lowest BCUT2D eigenvalue weighted by molar-refractivity contribution is -0.702. The second kappa shape index (κ2) is 7.54. The number of imidazole rings is 1. The van der Waals surface area contributed by atoms with Crippen molar-refractivity contribution in [1.82, 2.24) is 4.57 Å². The van der Waals surface area contributed by atoms with Gasteiger partial charge in [-0.15, -0.1) is 0 Å². The fourth-order valence-corrected chi connectivity index (χ4v) is 3.57. The molecule has 0 fully saturated rings. The van der Waals surface area contributed by atoms with Crippen molar-refractivity contribution in [2.24, 2.45) is 0 Å². The molecule has 2 nitrogen and oxygen atoms in total. The molecule has 1 aromatic heterocycles. The second-order valence-electron chi connectivity index (χ2n) is 6.12. The molecule has 0 atom stereocenters. The average Bonchev–Trinajstić information content (AvgIpc) is 3.18. The van der Waals surface area contributed by atoms with Crippen LogP contribution in [-0.2, 0) is 25.9 Å². The number of fused-ring (bicyclic) bond motifs is 1. The summed E-state index contributed by atoms with van der Waals surface area (Å²) < 4.78 is 4.90. The van der Waals surface area contributed by atoms with Crippen LogP contribution >= 0.6 is 11.6 Å². The minimum absolute atomic E-state index is 0. The second-order valence-corrected chi connectivity index (χ2v) is 6.56. The smallest absolute Gasteiger partial charge is 0.257 e. The van der Waals surface area contributed by atoms with Crippen LogP contribution in [0.15, 0.2) is 60.8 Å². The molecule has 0 radical (unpaired) electrons. The highest BCUT2D eigenvalue weighted by Crippen LogP contribution is 2.26. The summed E-state index contributed by atoms with van der Waals surface area (Å²) in [4.78, 5) is 0. The van der Waals surface area contributed by atoms with E-state index in [0.717, 1.165) is 24.5 Å². The summed E-state index contributed by atoms with van der Waals surface area (Å²) >= 11 is 6.03. The fraction of sp³-hybridized carbons (Fsp3) is 0.250. The van der Waals surface area contributed by atoms with Gasteiger partial charge in [-0.3, -0.25) is 0 Å². The first-order chi connectivity index (χ1) is 11.3. The fourth-order valence-electron chi connectivity index (χ4n) is 3.45. The van der Waals surface area contributed by atoms with E-state index >= 15 is 0 Å². The summed E-state index contributed by atoms with van der Waals surface area (Å²) in [5.74, 6) is 1.45. The van der Waals surface area contributed by atoms with Gasteiger partial charge in [-0.05, 0) is 36.2 Å². The molecule has 0 aliphatic carbocycles. The zero-order chi connectivity index (χ0) is 15.6. The predicted molar refractivity (Wildman–Crippen MR) is 93.5 cm³/mol. The van der Waals surface area contributed by atoms with Crippen molar-refractivity contribution in [2.45, 2.75) is 32.4 Å². The summed E-state index contributed by atoms with van der Waals surface area (Å²) in [5, 5.41) is 0.791. The molecule has 0 saturated heterocycles. The van der Waals surface area contributed by atoms with Crippen molar-refractivity contribution in [1.29, 1.82) is 0 Å². The van der Waals surface area contributed by atoms with Crippen molar-refractivity contribution >= 4 is 11.6 Å². The Hall–Kier alpha value is -1.58. The van der Waals surface area contributed by atoms with Crippen LogP contribution in [0.1, 0.15) is 17.8 Å². The molecule has 124 valence electrons. The highest BCUT2D eigenvalue weighted by atomic mass is 79.9. The van der Waals surface area contributed by atoms with Gasteiger partial charge in [0.2, 0.25) is 0 Å². The van der Waals surface area contributed by atoms with E-state index in [1.165, 1.54) is 35.5 Å². The largest absolute Gasteiger partial charge is 1.00 e. The van der Waals surface area contributed by atoms with Crippen LogP contribution in [0.25, 0.3) is 11.3 Å². The molecule has 0 saturated carbocycles. The predicted octanol–water partition coefficient (Wildman–Crippen LogP) is 1.29. The van der Waals surface area contributed by atoms with Crippen molar-refractivity contribution < 1.29 is 21.5 Å². The minimum atomic E-state index is 0. The molecule has 4 heteroatoms. The number of rotatable bonds is 4. The topological polar surface area (TPSA) is 8.81 Å². The Bertz CT molecular complexity index is 810. The van der Waals surface area contributed by atoms with E-state index in [2.05, 4.69) is 57.8 Å². The zero-order valence-electron chi connectivity index (χ0n) is 13.5. The lowest BCUT2D eigenvalue weighted by atomic mass is 10.1. The highest BCUT2D eigenvalue weighted by Gasteiger charge is 2.28. The number of halogens is 2. The Kier molecular flexibility index (Phi) is 5.42. The van der Waals surface area contributed by atoms with E-state index in [9.17, 15) is 0 Å². The summed E-state index contributed by atoms with van der Waals surface area (Å²) in [5.41, 5.74) is 3.95. The zero-order valence-corrected chi connectivity index (χ0v) is 15.8. The Morgan fingerprint density at radius 2 is 1.75 bits per heavy atom. The third kappa shape index (κ3) is 3.42. The standard InChI is InChI=1S/C20H20ClN2.BrH/c21-18-10-8-17(9-11-18)19-15-22(20-7-4-13-23(19)20)14-12-16-5-2-1-3-6-16;/h1-3,5-6,8-11,15H,4,7,12-14H2;1H/q+1;/p-1. The maximum Gasteiger partial charge on any atom is 0.257 e. The van der Waals surface area contributed by atoms with Gasteiger partial charge in [-0.25, -0.2) is 9.13 Å². The summed E-state index contributed by atoms with van der Waals surface area (Å²) in [7, 11) is 0. The Balaban J connectivity index is 0.00000169. The SMILES string of the molecule is Clc1ccc(-c2c[n+](CCc3ccccc3)c3n2CCC3)cc1.[Br-]. The van der Waals surface area contributed by atoms with Crippen LogP contribution in [-0.4, -0.2) is 4.57 Å². The van der Waals surface area contributed by atoms with Gasteiger partial charge < -0.3 is 17.0 Å². The van der Waals surface area contributed by atoms with Crippen LogP contribution in [0.4, 0.5) is 0 Å². The van der Waals surface area contributed by atoms with Crippen LogP contribution in [0.3, 0.4) is 0 Å². The minimum Gasteiger partial charge on any atom is -1.00 e. The van der Waals surface area contributed by atoms with E-state index < -0.39 is 0 Å². The van der Waals surface area contributed by atoms with E-state index in [0.29, 0.717) is 0 Å². The normalized spacial score (nSPS) is 12.7. The molecule has 1 aliphatic heterocycles. The number of hydrogen-bond acceptors (Lipinski definition) is 0. The Morgan fingerprint density at radius 1 is 1.00 bits per heavy atom. The molecular formula is C20H20BrClN2. The maximum atomic E-state index is 6.03. The lowest BCUT2D eigenvalue weighted by Gasteiger charge is -2.00. The number of aromatic nitrogens is 2. The van der Waals surface area contributed by atoms with E-state index in [1.807, 2.05) is 12.1 Å². The van der Waals surface area contributed by atoms with Gasteiger partial charge in [0.25, 0.3) is 5.82 Å². The summed E-state index contributed by atoms with van der Waals surface area (Å²) in [6, 6.07) is 18.9. The first-order valence-corrected chi connectivity index (χ1v) is 8.61. The molecule has 3 aromatic rings. The third-order valence-electron chi connectivity index (χ3n) is 4.62. The molecule has 0 spiro atoms. The Labute approximate surface area is 158 Å². The van der Waals surface area contributed by atoms with Crippen molar-refractivity contribution in [3.63, 3.8) is 0 Å². The molecule has 1 aliphatic rings. The van der Waals surface area contributed by atoms with Gasteiger partial charge in [0.15, 0.2) is 5.69 Å². The van der Waals surface area contributed by atoms with E-state index in [-0.39, 0.29) is 17.0 Å². The first kappa shape index (κ1) is 17.2.